The molecule has 0 heterocycles. The molecule has 0 unspecified atom stereocenters. The van der Waals surface area contributed by atoms with Gasteiger partial charge in [0.2, 0.25) is 10.0 Å². The van der Waals surface area contributed by atoms with Crippen LogP contribution in [0.5, 0.6) is 0 Å². The van der Waals surface area contributed by atoms with Gasteiger partial charge in [-0.3, -0.25) is 0 Å². The van der Waals surface area contributed by atoms with Gasteiger partial charge >= 0.3 is 0 Å². The van der Waals surface area contributed by atoms with Gasteiger partial charge < -0.3 is 5.73 Å². The summed E-state index contributed by atoms with van der Waals surface area (Å²) in [6.07, 6.45) is 0.819. The van der Waals surface area contributed by atoms with E-state index in [0.29, 0.717) is 23.0 Å². The van der Waals surface area contributed by atoms with Crippen molar-refractivity contribution in [2.75, 3.05) is 13.6 Å². The SMILES string of the molecule is Cc1c(CN)cc(Cl)cc1S(=O)(=O)N(C)CCC(C)C. The summed E-state index contributed by atoms with van der Waals surface area (Å²) in [4.78, 5) is 0.247. The molecule has 0 aliphatic rings. The van der Waals surface area contributed by atoms with Crippen LogP contribution in [0.4, 0.5) is 0 Å². The van der Waals surface area contributed by atoms with Crippen LogP contribution in [0.3, 0.4) is 0 Å². The Kier molecular flexibility index (Phi) is 6.01. The molecule has 0 saturated carbocycles. The van der Waals surface area contributed by atoms with Crippen LogP contribution in [0.15, 0.2) is 17.0 Å². The van der Waals surface area contributed by atoms with Crippen LogP contribution in [0.1, 0.15) is 31.4 Å². The Balaban J connectivity index is 3.18. The average molecular weight is 319 g/mol. The maximum atomic E-state index is 12.6. The number of nitrogens with zero attached hydrogens (tertiary/aromatic N) is 1. The molecule has 0 saturated heterocycles. The minimum absolute atomic E-state index is 0.247. The lowest BCUT2D eigenvalue weighted by Gasteiger charge is -2.20. The number of hydrogen-bond acceptors (Lipinski definition) is 3. The fraction of sp³-hybridized carbons (Fsp3) is 0.571. The van der Waals surface area contributed by atoms with Gasteiger partial charge in [-0.2, -0.15) is 0 Å². The lowest BCUT2D eigenvalue weighted by molar-refractivity contribution is 0.427. The Bertz CT molecular complexity index is 571. The van der Waals surface area contributed by atoms with Crippen molar-refractivity contribution in [3.63, 3.8) is 0 Å². The van der Waals surface area contributed by atoms with Crippen molar-refractivity contribution in [3.8, 4) is 0 Å². The third-order valence-electron chi connectivity index (χ3n) is 3.36. The lowest BCUT2D eigenvalue weighted by atomic mass is 10.1. The van der Waals surface area contributed by atoms with Crippen molar-refractivity contribution in [1.82, 2.24) is 4.31 Å². The normalized spacial score (nSPS) is 12.4. The third kappa shape index (κ3) is 3.95. The number of nitrogens with two attached hydrogens (primary N) is 1. The zero-order valence-corrected chi connectivity index (χ0v) is 14.1. The van der Waals surface area contributed by atoms with E-state index in [4.69, 9.17) is 17.3 Å². The van der Waals surface area contributed by atoms with Gasteiger partial charge in [-0.05, 0) is 42.5 Å². The Hall–Kier alpha value is -0.620. The largest absolute Gasteiger partial charge is 0.326 e. The van der Waals surface area contributed by atoms with E-state index in [1.54, 1.807) is 20.0 Å². The van der Waals surface area contributed by atoms with Crippen LogP contribution >= 0.6 is 11.6 Å². The smallest absolute Gasteiger partial charge is 0.243 e. The highest BCUT2D eigenvalue weighted by atomic mass is 35.5. The van der Waals surface area contributed by atoms with E-state index in [1.165, 1.54) is 10.4 Å². The molecule has 1 aromatic rings. The molecule has 0 fully saturated rings. The van der Waals surface area contributed by atoms with E-state index in [0.717, 1.165) is 12.0 Å². The molecule has 1 aromatic carbocycles. The van der Waals surface area contributed by atoms with Crippen LogP contribution in [-0.2, 0) is 16.6 Å². The molecule has 1 rings (SSSR count). The summed E-state index contributed by atoms with van der Waals surface area (Å²) in [5, 5.41) is 0.395. The standard InChI is InChI=1S/C14H23ClN2O2S/c1-10(2)5-6-17(4)20(18,19)14-8-13(15)7-12(9-16)11(14)3/h7-8,10H,5-6,9,16H2,1-4H3. The molecule has 0 aliphatic carbocycles. The maximum absolute atomic E-state index is 12.6. The summed E-state index contributed by atoms with van der Waals surface area (Å²) in [7, 11) is -1.93. The van der Waals surface area contributed by atoms with Crippen LogP contribution in [-0.4, -0.2) is 26.3 Å². The van der Waals surface area contributed by atoms with Gasteiger partial charge in [0.1, 0.15) is 0 Å². The fourth-order valence-electron chi connectivity index (χ4n) is 1.92. The van der Waals surface area contributed by atoms with Crippen molar-refractivity contribution >= 4 is 21.6 Å². The van der Waals surface area contributed by atoms with E-state index >= 15 is 0 Å². The number of rotatable bonds is 6. The predicted molar refractivity (Wildman–Crippen MR) is 83.4 cm³/mol. The summed E-state index contributed by atoms with van der Waals surface area (Å²) in [5.41, 5.74) is 7.07. The summed E-state index contributed by atoms with van der Waals surface area (Å²) in [5.74, 6) is 0.452. The first-order valence-corrected chi connectivity index (χ1v) is 8.47. The molecule has 6 heteroatoms. The molecular weight excluding hydrogens is 296 g/mol. The molecule has 0 aromatic heterocycles. The maximum Gasteiger partial charge on any atom is 0.243 e. The van der Waals surface area contributed by atoms with E-state index in [9.17, 15) is 8.42 Å². The summed E-state index contributed by atoms with van der Waals surface area (Å²) >= 11 is 6.00. The Morgan fingerprint density at radius 1 is 1.35 bits per heavy atom. The first-order valence-electron chi connectivity index (χ1n) is 6.65. The van der Waals surface area contributed by atoms with Crippen LogP contribution in [0.2, 0.25) is 5.02 Å². The van der Waals surface area contributed by atoms with Crippen molar-refractivity contribution in [1.29, 1.82) is 0 Å². The molecule has 0 aliphatic heterocycles. The number of sulfonamides is 1. The van der Waals surface area contributed by atoms with Gasteiger partial charge in [0.05, 0.1) is 4.90 Å². The zero-order valence-electron chi connectivity index (χ0n) is 12.5. The topological polar surface area (TPSA) is 63.4 Å². The van der Waals surface area contributed by atoms with Crippen molar-refractivity contribution in [2.45, 2.75) is 38.6 Å². The van der Waals surface area contributed by atoms with Gasteiger partial charge in [-0.15, -0.1) is 0 Å². The fourth-order valence-corrected chi connectivity index (χ4v) is 3.70. The molecular formula is C14H23ClN2O2S. The van der Waals surface area contributed by atoms with Crippen LogP contribution in [0, 0.1) is 12.8 Å². The number of halogens is 1. The van der Waals surface area contributed by atoms with E-state index in [2.05, 4.69) is 13.8 Å². The van der Waals surface area contributed by atoms with Crippen molar-refractivity contribution in [3.05, 3.63) is 28.3 Å². The molecule has 0 radical (unpaired) electrons. The lowest BCUT2D eigenvalue weighted by Crippen LogP contribution is -2.29. The molecule has 0 amide bonds. The Labute approximate surface area is 127 Å². The predicted octanol–water partition coefficient (Wildman–Crippen LogP) is 2.77. The number of benzene rings is 1. The first-order chi connectivity index (χ1) is 9.20. The van der Waals surface area contributed by atoms with E-state index in [-0.39, 0.29) is 11.4 Å². The van der Waals surface area contributed by atoms with Gasteiger partial charge in [0.25, 0.3) is 0 Å². The molecule has 0 atom stereocenters. The van der Waals surface area contributed by atoms with Gasteiger partial charge in [0, 0.05) is 25.2 Å². The monoisotopic (exact) mass is 318 g/mol. The second kappa shape index (κ2) is 6.89. The molecule has 0 bridgehead atoms. The summed E-state index contributed by atoms with van der Waals surface area (Å²) < 4.78 is 26.6. The molecule has 0 spiro atoms. The quantitative estimate of drug-likeness (QED) is 0.877. The molecule has 4 nitrogen and oxygen atoms in total. The number of hydrogen-bond donors (Lipinski definition) is 1. The minimum atomic E-state index is -3.53. The average Bonchev–Trinajstić information content (AvgIpc) is 2.37. The van der Waals surface area contributed by atoms with Crippen LogP contribution in [0.25, 0.3) is 0 Å². The highest BCUT2D eigenvalue weighted by molar-refractivity contribution is 7.89. The van der Waals surface area contributed by atoms with E-state index < -0.39 is 10.0 Å². The Morgan fingerprint density at radius 3 is 2.45 bits per heavy atom. The van der Waals surface area contributed by atoms with Gasteiger partial charge in [0.15, 0.2) is 0 Å². The second-order valence-corrected chi connectivity index (χ2v) is 7.85. The summed E-state index contributed by atoms with van der Waals surface area (Å²) in [6, 6.07) is 3.21. The molecule has 2 N–H and O–H groups in total. The molecule has 114 valence electrons. The second-order valence-electron chi connectivity index (χ2n) is 5.40. The first kappa shape index (κ1) is 17.4. The van der Waals surface area contributed by atoms with Crippen molar-refractivity contribution in [2.24, 2.45) is 11.7 Å². The zero-order chi connectivity index (χ0) is 15.5. The third-order valence-corrected chi connectivity index (χ3v) is 5.56. The van der Waals surface area contributed by atoms with Gasteiger partial charge in [-0.1, -0.05) is 25.4 Å². The summed E-state index contributed by atoms with van der Waals surface area (Å²) in [6.45, 7) is 6.66. The van der Waals surface area contributed by atoms with Crippen molar-refractivity contribution < 1.29 is 8.42 Å². The highest BCUT2D eigenvalue weighted by Crippen LogP contribution is 2.26. The van der Waals surface area contributed by atoms with Gasteiger partial charge in [-0.25, -0.2) is 12.7 Å². The Morgan fingerprint density at radius 2 is 1.95 bits per heavy atom. The highest BCUT2D eigenvalue weighted by Gasteiger charge is 2.24. The molecule has 20 heavy (non-hydrogen) atoms. The van der Waals surface area contributed by atoms with E-state index in [1.807, 2.05) is 0 Å². The minimum Gasteiger partial charge on any atom is -0.326 e. The van der Waals surface area contributed by atoms with Crippen LogP contribution < -0.4 is 5.73 Å².